The molecule has 1 aromatic rings. The smallest absolute Gasteiger partial charge is 1.00 e. The Labute approximate surface area is 89.9 Å². The van der Waals surface area contributed by atoms with E-state index in [-0.39, 0.29) is 35.9 Å². The van der Waals surface area contributed by atoms with Gasteiger partial charge in [0, 0.05) is 0 Å². The van der Waals surface area contributed by atoms with Crippen molar-refractivity contribution in [2.45, 2.75) is 4.90 Å². The first-order valence-electron chi connectivity index (χ1n) is 2.56. The first kappa shape index (κ1) is 11.3. The SMILES string of the molecule is O=S(O)c1ccc(F)cc1.[H-].[Na+]. The summed E-state index contributed by atoms with van der Waals surface area (Å²) in [6, 6.07) is 4.82. The Kier molecular flexibility index (Phi) is 5.12. The van der Waals surface area contributed by atoms with Gasteiger partial charge in [0.1, 0.15) is 5.82 Å². The average Bonchev–Trinajstić information content (AvgIpc) is 1.88. The van der Waals surface area contributed by atoms with E-state index in [1.54, 1.807) is 0 Å². The minimum Gasteiger partial charge on any atom is -1.00 e. The molecule has 0 aromatic heterocycles. The van der Waals surface area contributed by atoms with Crippen molar-refractivity contribution in [3.05, 3.63) is 30.1 Å². The molecule has 1 aromatic carbocycles. The van der Waals surface area contributed by atoms with Crippen molar-refractivity contribution in [1.29, 1.82) is 0 Å². The van der Waals surface area contributed by atoms with Gasteiger partial charge in [-0.05, 0) is 24.3 Å². The molecule has 0 fully saturated rings. The third-order valence-corrected chi connectivity index (χ3v) is 1.69. The van der Waals surface area contributed by atoms with Gasteiger partial charge in [-0.3, -0.25) is 0 Å². The molecule has 0 saturated heterocycles. The summed E-state index contributed by atoms with van der Waals surface area (Å²) in [6.45, 7) is 0. The van der Waals surface area contributed by atoms with E-state index >= 15 is 0 Å². The first-order chi connectivity index (χ1) is 4.70. The van der Waals surface area contributed by atoms with Crippen LogP contribution in [0.25, 0.3) is 0 Å². The number of rotatable bonds is 1. The van der Waals surface area contributed by atoms with Crippen molar-refractivity contribution in [3.63, 3.8) is 0 Å². The van der Waals surface area contributed by atoms with Gasteiger partial charge in [-0.25, -0.2) is 8.60 Å². The maximum Gasteiger partial charge on any atom is 1.00 e. The van der Waals surface area contributed by atoms with Crippen LogP contribution in [0.1, 0.15) is 1.43 Å². The number of hydrogen-bond donors (Lipinski definition) is 1. The monoisotopic (exact) mass is 184 g/mol. The van der Waals surface area contributed by atoms with Crippen LogP contribution in [0.4, 0.5) is 4.39 Å². The summed E-state index contributed by atoms with van der Waals surface area (Å²) in [7, 11) is 0. The standard InChI is InChI=1S/C6H5FO2S.Na.H/c7-5-1-3-6(4-2-5)10(8)9;;/h1-4H,(H,8,9);;/q;+1;-1. The van der Waals surface area contributed by atoms with Gasteiger partial charge in [0.2, 0.25) is 0 Å². The molecule has 0 aliphatic heterocycles. The molecule has 11 heavy (non-hydrogen) atoms. The van der Waals surface area contributed by atoms with Crippen LogP contribution in [-0.4, -0.2) is 8.76 Å². The normalized spacial score (nSPS) is 11.8. The number of hydrogen-bond acceptors (Lipinski definition) is 1. The summed E-state index contributed by atoms with van der Waals surface area (Å²) in [5, 5.41) is 0. The van der Waals surface area contributed by atoms with Crippen molar-refractivity contribution in [3.8, 4) is 0 Å². The van der Waals surface area contributed by atoms with Crippen LogP contribution in [0, 0.1) is 5.82 Å². The fourth-order valence-electron chi connectivity index (χ4n) is 0.551. The van der Waals surface area contributed by atoms with Gasteiger partial charge in [-0.2, -0.15) is 0 Å². The van der Waals surface area contributed by atoms with Crippen LogP contribution >= 0.6 is 0 Å². The summed E-state index contributed by atoms with van der Waals surface area (Å²) in [5.74, 6) is -0.408. The average molecular weight is 184 g/mol. The third-order valence-electron chi connectivity index (χ3n) is 1.02. The Hall–Kier alpha value is 0.260. The second kappa shape index (κ2) is 5.00. The van der Waals surface area contributed by atoms with Crippen molar-refractivity contribution in [2.24, 2.45) is 0 Å². The van der Waals surface area contributed by atoms with E-state index in [9.17, 15) is 8.60 Å². The molecule has 0 heterocycles. The van der Waals surface area contributed by atoms with Crippen LogP contribution < -0.4 is 29.6 Å². The van der Waals surface area contributed by atoms with E-state index in [0.29, 0.717) is 0 Å². The fourth-order valence-corrected chi connectivity index (χ4v) is 0.920. The van der Waals surface area contributed by atoms with E-state index in [4.69, 9.17) is 4.55 Å². The quantitative estimate of drug-likeness (QED) is 0.427. The molecule has 56 valence electrons. The maximum atomic E-state index is 12.2. The largest absolute Gasteiger partial charge is 1.00 e. The van der Waals surface area contributed by atoms with Gasteiger partial charge < -0.3 is 5.98 Å². The van der Waals surface area contributed by atoms with Crippen LogP contribution in [0.15, 0.2) is 29.2 Å². The van der Waals surface area contributed by atoms with E-state index in [2.05, 4.69) is 0 Å². The van der Waals surface area contributed by atoms with Crippen LogP contribution in [-0.2, 0) is 11.1 Å². The number of benzene rings is 1. The molecule has 1 rings (SSSR count). The van der Waals surface area contributed by atoms with E-state index in [1.807, 2.05) is 0 Å². The van der Waals surface area contributed by atoms with Crippen LogP contribution in [0.5, 0.6) is 0 Å². The summed E-state index contributed by atoms with van der Waals surface area (Å²) in [6.07, 6.45) is 0. The van der Waals surface area contributed by atoms with Gasteiger partial charge in [0.25, 0.3) is 0 Å². The minimum absolute atomic E-state index is 0. The molecule has 0 radical (unpaired) electrons. The van der Waals surface area contributed by atoms with Gasteiger partial charge >= 0.3 is 29.6 Å². The first-order valence-corrected chi connectivity index (χ1v) is 3.67. The molecule has 0 aliphatic rings. The Morgan fingerprint density at radius 1 is 1.36 bits per heavy atom. The Morgan fingerprint density at radius 2 is 1.82 bits per heavy atom. The topological polar surface area (TPSA) is 37.3 Å². The number of halogens is 1. The molecule has 0 spiro atoms. The Morgan fingerprint density at radius 3 is 2.18 bits per heavy atom. The molecule has 1 atom stereocenters. The second-order valence-corrected chi connectivity index (χ2v) is 2.67. The molecule has 0 aliphatic carbocycles. The third kappa shape index (κ3) is 3.44. The predicted molar refractivity (Wildman–Crippen MR) is 36.5 cm³/mol. The Bertz CT molecular complexity index is 254. The minimum atomic E-state index is -2.00. The van der Waals surface area contributed by atoms with E-state index < -0.39 is 16.9 Å². The van der Waals surface area contributed by atoms with Crippen molar-refractivity contribution in [1.82, 2.24) is 0 Å². The summed E-state index contributed by atoms with van der Waals surface area (Å²) >= 11 is -2.00. The molecule has 2 nitrogen and oxygen atoms in total. The fraction of sp³-hybridized carbons (Fsp3) is 0. The molecule has 1 N–H and O–H groups in total. The molecule has 0 bridgehead atoms. The summed E-state index contributed by atoms with van der Waals surface area (Å²) in [5.41, 5.74) is 0. The molecule has 0 saturated carbocycles. The van der Waals surface area contributed by atoms with Crippen molar-refractivity contribution in [2.75, 3.05) is 0 Å². The van der Waals surface area contributed by atoms with Crippen molar-refractivity contribution < 1.29 is 44.1 Å². The molecule has 0 amide bonds. The second-order valence-electron chi connectivity index (χ2n) is 1.70. The van der Waals surface area contributed by atoms with E-state index in [0.717, 1.165) is 12.1 Å². The zero-order valence-corrected chi connectivity index (χ0v) is 8.77. The van der Waals surface area contributed by atoms with Gasteiger partial charge in [-0.1, -0.05) is 0 Å². The molecule has 1 unspecified atom stereocenters. The van der Waals surface area contributed by atoms with Crippen LogP contribution in [0.2, 0.25) is 0 Å². The maximum absolute atomic E-state index is 12.2. The van der Waals surface area contributed by atoms with E-state index in [1.165, 1.54) is 12.1 Å². The molecular weight excluding hydrogens is 178 g/mol. The molecular formula is C6H6FNaO2S. The predicted octanol–water partition coefficient (Wildman–Crippen LogP) is -1.48. The van der Waals surface area contributed by atoms with Gasteiger partial charge in [-0.15, -0.1) is 0 Å². The Balaban J connectivity index is 0. The summed E-state index contributed by atoms with van der Waals surface area (Å²) < 4.78 is 30.9. The van der Waals surface area contributed by atoms with Crippen molar-refractivity contribution >= 4 is 11.1 Å². The van der Waals surface area contributed by atoms with Gasteiger partial charge in [0.05, 0.1) is 4.90 Å². The zero-order chi connectivity index (χ0) is 7.56. The summed E-state index contributed by atoms with van der Waals surface area (Å²) in [4.78, 5) is 0.210. The van der Waals surface area contributed by atoms with Gasteiger partial charge in [0.15, 0.2) is 11.1 Å². The van der Waals surface area contributed by atoms with Crippen LogP contribution in [0.3, 0.4) is 0 Å². The molecule has 5 heteroatoms. The zero-order valence-electron chi connectivity index (χ0n) is 6.95.